The number of oxime groups is 1. The van der Waals surface area contributed by atoms with Crippen molar-refractivity contribution in [2.24, 2.45) is 10.9 Å². The van der Waals surface area contributed by atoms with Gasteiger partial charge in [-0.15, -0.1) is 0 Å². The summed E-state index contributed by atoms with van der Waals surface area (Å²) in [5, 5.41) is 11.8. The lowest BCUT2D eigenvalue weighted by molar-refractivity contribution is 0.0883. The SMILES string of the molecule is CC1CC[C@@H](/C(N)=N/O)N1C(=O)OCc1ccccc1. The molecule has 0 radical (unpaired) electrons. The fourth-order valence-electron chi connectivity index (χ4n) is 2.44. The maximum atomic E-state index is 12.2. The topological polar surface area (TPSA) is 88.2 Å². The summed E-state index contributed by atoms with van der Waals surface area (Å²) in [6, 6.07) is 9.09. The highest BCUT2D eigenvalue weighted by atomic mass is 16.6. The van der Waals surface area contributed by atoms with E-state index in [2.05, 4.69) is 5.16 Å². The van der Waals surface area contributed by atoms with Crippen LogP contribution >= 0.6 is 0 Å². The molecule has 0 aromatic heterocycles. The molecular weight excluding hydrogens is 258 g/mol. The minimum absolute atomic E-state index is 0.0172. The molecule has 1 fully saturated rings. The Balaban J connectivity index is 2.00. The summed E-state index contributed by atoms with van der Waals surface area (Å²) in [4.78, 5) is 13.7. The van der Waals surface area contributed by atoms with E-state index >= 15 is 0 Å². The Morgan fingerprint density at radius 2 is 2.15 bits per heavy atom. The maximum Gasteiger partial charge on any atom is 0.410 e. The van der Waals surface area contributed by atoms with Crippen LogP contribution in [0, 0.1) is 0 Å². The summed E-state index contributed by atoms with van der Waals surface area (Å²) < 4.78 is 5.30. The smallest absolute Gasteiger partial charge is 0.410 e. The van der Waals surface area contributed by atoms with Crippen LogP contribution in [0.25, 0.3) is 0 Å². The first-order valence-corrected chi connectivity index (χ1v) is 6.60. The van der Waals surface area contributed by atoms with E-state index in [0.29, 0.717) is 6.42 Å². The van der Waals surface area contributed by atoms with E-state index in [1.165, 1.54) is 4.90 Å². The third kappa shape index (κ3) is 3.01. The fourth-order valence-corrected chi connectivity index (χ4v) is 2.44. The Labute approximate surface area is 117 Å². The Morgan fingerprint density at radius 1 is 1.45 bits per heavy atom. The molecule has 1 aromatic rings. The van der Waals surface area contributed by atoms with Gasteiger partial charge in [-0.3, -0.25) is 4.90 Å². The van der Waals surface area contributed by atoms with Crippen molar-refractivity contribution in [3.8, 4) is 0 Å². The molecule has 2 rings (SSSR count). The van der Waals surface area contributed by atoms with Crippen LogP contribution in [0.15, 0.2) is 35.5 Å². The molecule has 1 unspecified atom stereocenters. The summed E-state index contributed by atoms with van der Waals surface area (Å²) in [6.45, 7) is 2.14. The zero-order chi connectivity index (χ0) is 14.5. The average Bonchev–Trinajstić information content (AvgIpc) is 2.87. The van der Waals surface area contributed by atoms with E-state index in [1.54, 1.807) is 0 Å². The molecule has 20 heavy (non-hydrogen) atoms. The minimum atomic E-state index is -0.435. The van der Waals surface area contributed by atoms with Crippen LogP contribution in [0.4, 0.5) is 4.79 Å². The Hall–Kier alpha value is -2.24. The number of hydrogen-bond donors (Lipinski definition) is 2. The van der Waals surface area contributed by atoms with Gasteiger partial charge in [-0.05, 0) is 25.3 Å². The highest BCUT2D eigenvalue weighted by molar-refractivity contribution is 5.89. The molecule has 6 heteroatoms. The molecule has 0 saturated carbocycles. The number of ether oxygens (including phenoxy) is 1. The number of benzene rings is 1. The number of carbonyl (C=O) groups excluding carboxylic acids is 1. The monoisotopic (exact) mass is 277 g/mol. The van der Waals surface area contributed by atoms with Gasteiger partial charge in [-0.2, -0.15) is 0 Å². The van der Waals surface area contributed by atoms with Gasteiger partial charge in [0.05, 0.1) is 6.04 Å². The molecule has 1 aliphatic heterocycles. The molecule has 6 nitrogen and oxygen atoms in total. The molecule has 1 aromatic carbocycles. The van der Waals surface area contributed by atoms with Crippen molar-refractivity contribution in [2.45, 2.75) is 38.5 Å². The number of likely N-dealkylation sites (tertiary alicyclic amines) is 1. The number of hydrogen-bond acceptors (Lipinski definition) is 4. The second-order valence-corrected chi connectivity index (χ2v) is 4.91. The first-order valence-electron chi connectivity index (χ1n) is 6.60. The number of amidine groups is 1. The summed E-state index contributed by atoms with van der Waals surface area (Å²) in [5.74, 6) is 0.0472. The third-order valence-corrected chi connectivity index (χ3v) is 3.54. The molecule has 0 aliphatic carbocycles. The van der Waals surface area contributed by atoms with Gasteiger partial charge >= 0.3 is 6.09 Å². The average molecular weight is 277 g/mol. The molecule has 0 bridgehead atoms. The van der Waals surface area contributed by atoms with E-state index in [1.807, 2.05) is 37.3 Å². The lowest BCUT2D eigenvalue weighted by Crippen LogP contribution is -2.46. The summed E-state index contributed by atoms with van der Waals surface area (Å²) in [7, 11) is 0. The van der Waals surface area contributed by atoms with Gasteiger partial charge < -0.3 is 15.7 Å². The largest absolute Gasteiger partial charge is 0.445 e. The molecule has 108 valence electrons. The first-order chi connectivity index (χ1) is 9.63. The van der Waals surface area contributed by atoms with Gasteiger partial charge in [0, 0.05) is 6.04 Å². The highest BCUT2D eigenvalue weighted by Crippen LogP contribution is 2.25. The van der Waals surface area contributed by atoms with Crippen molar-refractivity contribution >= 4 is 11.9 Å². The molecule has 2 atom stereocenters. The Bertz CT molecular complexity index is 490. The molecule has 3 N–H and O–H groups in total. The van der Waals surface area contributed by atoms with Crippen molar-refractivity contribution in [1.82, 2.24) is 4.90 Å². The zero-order valence-corrected chi connectivity index (χ0v) is 11.4. The van der Waals surface area contributed by atoms with E-state index in [4.69, 9.17) is 15.7 Å². The van der Waals surface area contributed by atoms with Crippen LogP contribution in [-0.4, -0.2) is 34.1 Å². The number of carbonyl (C=O) groups is 1. The van der Waals surface area contributed by atoms with Crippen molar-refractivity contribution < 1.29 is 14.7 Å². The number of amides is 1. The van der Waals surface area contributed by atoms with Crippen LogP contribution in [0.1, 0.15) is 25.3 Å². The van der Waals surface area contributed by atoms with Crippen molar-refractivity contribution in [3.05, 3.63) is 35.9 Å². The zero-order valence-electron chi connectivity index (χ0n) is 11.4. The molecule has 0 spiro atoms. The lowest BCUT2D eigenvalue weighted by Gasteiger charge is -2.26. The molecular formula is C14H19N3O3. The standard InChI is InChI=1S/C14H19N3O3/c1-10-7-8-12(13(15)16-19)17(10)14(18)20-9-11-5-3-2-4-6-11/h2-6,10,12,19H,7-9H2,1H3,(H2,15,16)/t10?,12-/m0/s1. The Morgan fingerprint density at radius 3 is 2.80 bits per heavy atom. The second kappa shape index (κ2) is 6.27. The van der Waals surface area contributed by atoms with Gasteiger partial charge in [0.1, 0.15) is 6.61 Å². The van der Waals surface area contributed by atoms with Gasteiger partial charge in [-0.25, -0.2) is 4.79 Å². The van der Waals surface area contributed by atoms with Crippen molar-refractivity contribution in [1.29, 1.82) is 0 Å². The first kappa shape index (κ1) is 14.2. The predicted molar refractivity (Wildman–Crippen MR) is 74.4 cm³/mol. The summed E-state index contributed by atoms with van der Waals surface area (Å²) >= 11 is 0. The van der Waals surface area contributed by atoms with Crippen LogP contribution in [0.3, 0.4) is 0 Å². The van der Waals surface area contributed by atoms with Gasteiger partial charge in [0.15, 0.2) is 5.84 Å². The maximum absolute atomic E-state index is 12.2. The van der Waals surface area contributed by atoms with Crippen LogP contribution < -0.4 is 5.73 Å². The number of rotatable bonds is 3. The van der Waals surface area contributed by atoms with Crippen LogP contribution in [-0.2, 0) is 11.3 Å². The van der Waals surface area contributed by atoms with Gasteiger partial charge in [-0.1, -0.05) is 35.5 Å². The van der Waals surface area contributed by atoms with Gasteiger partial charge in [0.2, 0.25) is 0 Å². The number of nitrogens with zero attached hydrogens (tertiary/aromatic N) is 2. The van der Waals surface area contributed by atoms with E-state index in [9.17, 15) is 4.79 Å². The fraction of sp³-hybridized carbons (Fsp3) is 0.429. The molecule has 1 amide bonds. The third-order valence-electron chi connectivity index (χ3n) is 3.54. The van der Waals surface area contributed by atoms with Crippen molar-refractivity contribution in [3.63, 3.8) is 0 Å². The summed E-state index contributed by atoms with van der Waals surface area (Å²) in [6.07, 6.45) is 1.05. The lowest BCUT2D eigenvalue weighted by atomic mass is 10.2. The van der Waals surface area contributed by atoms with Crippen LogP contribution in [0.5, 0.6) is 0 Å². The van der Waals surface area contributed by atoms with Crippen LogP contribution in [0.2, 0.25) is 0 Å². The van der Waals surface area contributed by atoms with E-state index < -0.39 is 12.1 Å². The minimum Gasteiger partial charge on any atom is -0.445 e. The molecule has 1 saturated heterocycles. The highest BCUT2D eigenvalue weighted by Gasteiger charge is 2.37. The van der Waals surface area contributed by atoms with E-state index in [0.717, 1.165) is 12.0 Å². The van der Waals surface area contributed by atoms with Gasteiger partial charge in [0.25, 0.3) is 0 Å². The summed E-state index contributed by atoms with van der Waals surface area (Å²) in [5.41, 5.74) is 6.55. The quantitative estimate of drug-likeness (QED) is 0.382. The molecule has 1 heterocycles. The number of nitrogens with two attached hydrogens (primary N) is 1. The molecule has 1 aliphatic rings. The second-order valence-electron chi connectivity index (χ2n) is 4.91. The van der Waals surface area contributed by atoms with E-state index in [-0.39, 0.29) is 18.5 Å². The Kier molecular flexibility index (Phi) is 4.45. The van der Waals surface area contributed by atoms with Crippen molar-refractivity contribution in [2.75, 3.05) is 0 Å². The predicted octanol–water partition coefficient (Wildman–Crippen LogP) is 1.92. The normalized spacial score (nSPS) is 22.9.